The Labute approximate surface area is 154 Å². The molecule has 3 aromatic rings. The first-order valence-electron chi connectivity index (χ1n) is 8.46. The minimum atomic E-state index is 0.462. The van der Waals surface area contributed by atoms with Gasteiger partial charge in [0.25, 0.3) is 0 Å². The second-order valence-corrected chi connectivity index (χ2v) is 5.91. The van der Waals surface area contributed by atoms with Crippen LogP contribution in [0.5, 0.6) is 17.2 Å². The molecular weight excluding hydrogens is 326 g/mol. The zero-order chi connectivity index (χ0) is 18.4. The molecule has 3 rings (SSSR count). The van der Waals surface area contributed by atoms with Crippen molar-refractivity contribution in [1.82, 2.24) is 0 Å². The summed E-state index contributed by atoms with van der Waals surface area (Å²) in [6, 6.07) is 21.9. The summed E-state index contributed by atoms with van der Waals surface area (Å²) in [5, 5.41) is 0. The summed E-state index contributed by atoms with van der Waals surface area (Å²) in [5.41, 5.74) is 9.87. The van der Waals surface area contributed by atoms with Gasteiger partial charge in [0.1, 0.15) is 23.9 Å². The fourth-order valence-corrected chi connectivity index (χ4v) is 2.75. The molecule has 0 unspecified atom stereocenters. The van der Waals surface area contributed by atoms with Crippen LogP contribution in [-0.4, -0.2) is 14.2 Å². The van der Waals surface area contributed by atoms with E-state index in [2.05, 4.69) is 0 Å². The monoisotopic (exact) mass is 349 g/mol. The summed E-state index contributed by atoms with van der Waals surface area (Å²) < 4.78 is 16.9. The van der Waals surface area contributed by atoms with Crippen molar-refractivity contribution in [1.29, 1.82) is 0 Å². The maximum absolute atomic E-state index is 6.13. The molecule has 0 aliphatic heterocycles. The SMILES string of the molecule is COc1cc(OC)cc(-c2ccc(CN)cc2OCc2ccccc2)c1. The lowest BCUT2D eigenvalue weighted by molar-refractivity contribution is 0.307. The molecule has 0 atom stereocenters. The molecule has 4 nitrogen and oxygen atoms in total. The van der Waals surface area contributed by atoms with Gasteiger partial charge in [-0.2, -0.15) is 0 Å². The van der Waals surface area contributed by atoms with Crippen LogP contribution in [-0.2, 0) is 13.2 Å². The highest BCUT2D eigenvalue weighted by Crippen LogP contribution is 2.36. The number of nitrogens with two attached hydrogens (primary N) is 1. The van der Waals surface area contributed by atoms with Crippen molar-refractivity contribution in [2.45, 2.75) is 13.2 Å². The number of hydrogen-bond acceptors (Lipinski definition) is 4. The van der Waals surface area contributed by atoms with Gasteiger partial charge < -0.3 is 19.9 Å². The predicted octanol–water partition coefficient (Wildman–Crippen LogP) is 4.41. The summed E-state index contributed by atoms with van der Waals surface area (Å²) in [6.07, 6.45) is 0. The molecule has 0 radical (unpaired) electrons. The van der Waals surface area contributed by atoms with Crippen molar-refractivity contribution in [2.24, 2.45) is 5.73 Å². The third-order valence-electron chi connectivity index (χ3n) is 4.18. The minimum Gasteiger partial charge on any atom is -0.497 e. The molecule has 0 amide bonds. The molecule has 2 N–H and O–H groups in total. The fraction of sp³-hybridized carbons (Fsp3) is 0.182. The molecule has 0 bridgehead atoms. The van der Waals surface area contributed by atoms with Crippen LogP contribution in [0.25, 0.3) is 11.1 Å². The average Bonchev–Trinajstić information content (AvgIpc) is 2.72. The molecule has 0 saturated carbocycles. The van der Waals surface area contributed by atoms with E-state index in [0.717, 1.165) is 39.5 Å². The molecule has 4 heteroatoms. The van der Waals surface area contributed by atoms with Gasteiger partial charge in [-0.1, -0.05) is 42.5 Å². The maximum atomic E-state index is 6.13. The Morgan fingerprint density at radius 1 is 0.769 bits per heavy atom. The first-order valence-corrected chi connectivity index (χ1v) is 8.46. The molecule has 0 spiro atoms. The third kappa shape index (κ3) is 4.16. The topological polar surface area (TPSA) is 53.7 Å². The van der Waals surface area contributed by atoms with Gasteiger partial charge in [-0.25, -0.2) is 0 Å². The lowest BCUT2D eigenvalue weighted by Gasteiger charge is -2.15. The van der Waals surface area contributed by atoms with Crippen LogP contribution >= 0.6 is 0 Å². The smallest absolute Gasteiger partial charge is 0.127 e. The summed E-state index contributed by atoms with van der Waals surface area (Å²) in [6.45, 7) is 0.951. The quantitative estimate of drug-likeness (QED) is 0.686. The molecule has 134 valence electrons. The fourth-order valence-electron chi connectivity index (χ4n) is 2.75. The average molecular weight is 349 g/mol. The van der Waals surface area contributed by atoms with Crippen LogP contribution in [0.15, 0.2) is 66.7 Å². The summed E-state index contributed by atoms with van der Waals surface area (Å²) in [7, 11) is 3.28. The van der Waals surface area contributed by atoms with Gasteiger partial charge in [0.2, 0.25) is 0 Å². The van der Waals surface area contributed by atoms with Crippen LogP contribution in [0, 0.1) is 0 Å². The highest BCUT2D eigenvalue weighted by atomic mass is 16.5. The zero-order valence-electron chi connectivity index (χ0n) is 15.1. The molecule has 0 heterocycles. The molecular formula is C22H23NO3. The maximum Gasteiger partial charge on any atom is 0.127 e. The number of hydrogen-bond donors (Lipinski definition) is 1. The highest BCUT2D eigenvalue weighted by molar-refractivity contribution is 5.73. The predicted molar refractivity (Wildman–Crippen MR) is 104 cm³/mol. The van der Waals surface area contributed by atoms with Gasteiger partial charge in [0.15, 0.2) is 0 Å². The Kier molecular flexibility index (Phi) is 5.77. The Hall–Kier alpha value is -2.98. The summed E-state index contributed by atoms with van der Waals surface area (Å²) in [5.74, 6) is 2.25. The van der Waals surface area contributed by atoms with Crippen LogP contribution in [0.2, 0.25) is 0 Å². The van der Waals surface area contributed by atoms with Gasteiger partial charge in [-0.3, -0.25) is 0 Å². The van der Waals surface area contributed by atoms with E-state index in [1.54, 1.807) is 14.2 Å². The second-order valence-electron chi connectivity index (χ2n) is 5.91. The van der Waals surface area contributed by atoms with Crippen molar-refractivity contribution in [3.05, 3.63) is 77.9 Å². The minimum absolute atomic E-state index is 0.462. The largest absolute Gasteiger partial charge is 0.497 e. The van der Waals surface area contributed by atoms with Crippen LogP contribution < -0.4 is 19.9 Å². The molecule has 0 saturated heterocycles. The van der Waals surface area contributed by atoms with E-state index in [-0.39, 0.29) is 0 Å². The first kappa shape index (κ1) is 17.8. The van der Waals surface area contributed by atoms with Gasteiger partial charge in [-0.15, -0.1) is 0 Å². The standard InChI is InChI=1S/C22H23NO3/c1-24-19-11-18(12-20(13-19)25-2)21-9-8-17(14-23)10-22(21)26-15-16-6-4-3-5-7-16/h3-13H,14-15,23H2,1-2H3. The zero-order valence-corrected chi connectivity index (χ0v) is 15.1. The first-order chi connectivity index (χ1) is 12.7. The van der Waals surface area contributed by atoms with E-state index in [1.165, 1.54) is 0 Å². The van der Waals surface area contributed by atoms with Crippen LogP contribution in [0.4, 0.5) is 0 Å². The third-order valence-corrected chi connectivity index (χ3v) is 4.18. The van der Waals surface area contributed by atoms with E-state index in [9.17, 15) is 0 Å². The normalized spacial score (nSPS) is 10.4. The van der Waals surface area contributed by atoms with Crippen molar-refractivity contribution >= 4 is 0 Å². The van der Waals surface area contributed by atoms with Gasteiger partial charge in [0.05, 0.1) is 14.2 Å². The van der Waals surface area contributed by atoms with Gasteiger partial charge in [0, 0.05) is 18.2 Å². The van der Waals surface area contributed by atoms with Gasteiger partial charge >= 0.3 is 0 Å². The Morgan fingerprint density at radius 3 is 2.08 bits per heavy atom. The van der Waals surface area contributed by atoms with Crippen molar-refractivity contribution < 1.29 is 14.2 Å². The van der Waals surface area contributed by atoms with Gasteiger partial charge in [-0.05, 0) is 34.9 Å². The number of rotatable bonds is 7. The van der Waals surface area contributed by atoms with E-state index in [1.807, 2.05) is 66.7 Å². The summed E-state index contributed by atoms with van der Waals surface area (Å²) in [4.78, 5) is 0. The summed E-state index contributed by atoms with van der Waals surface area (Å²) >= 11 is 0. The Morgan fingerprint density at radius 2 is 1.46 bits per heavy atom. The molecule has 3 aromatic carbocycles. The van der Waals surface area contributed by atoms with E-state index in [4.69, 9.17) is 19.9 Å². The van der Waals surface area contributed by atoms with Crippen LogP contribution in [0.3, 0.4) is 0 Å². The lowest BCUT2D eigenvalue weighted by atomic mass is 10.0. The van der Waals surface area contributed by atoms with Crippen molar-refractivity contribution in [3.8, 4) is 28.4 Å². The van der Waals surface area contributed by atoms with E-state index >= 15 is 0 Å². The lowest BCUT2D eigenvalue weighted by Crippen LogP contribution is -2.01. The van der Waals surface area contributed by atoms with E-state index in [0.29, 0.717) is 13.2 Å². The molecule has 0 aliphatic carbocycles. The van der Waals surface area contributed by atoms with Crippen molar-refractivity contribution in [2.75, 3.05) is 14.2 Å². The number of benzene rings is 3. The van der Waals surface area contributed by atoms with Crippen molar-refractivity contribution in [3.63, 3.8) is 0 Å². The Bertz CT molecular complexity index is 840. The Balaban J connectivity index is 1.98. The second kappa shape index (κ2) is 8.41. The molecule has 26 heavy (non-hydrogen) atoms. The van der Waals surface area contributed by atoms with E-state index < -0.39 is 0 Å². The highest BCUT2D eigenvalue weighted by Gasteiger charge is 2.11. The van der Waals surface area contributed by atoms with Crippen LogP contribution in [0.1, 0.15) is 11.1 Å². The number of ether oxygens (including phenoxy) is 3. The molecule has 0 fully saturated rings. The number of methoxy groups -OCH3 is 2. The molecule has 0 aliphatic rings. The molecule has 0 aromatic heterocycles.